The molecule has 0 saturated carbocycles. The quantitative estimate of drug-likeness (QED) is 0.760. The van der Waals surface area contributed by atoms with Crippen LogP contribution in [0.15, 0.2) is 12.2 Å². The van der Waals surface area contributed by atoms with E-state index in [0.29, 0.717) is 31.5 Å². The molecule has 0 bridgehead atoms. The Balaban J connectivity index is 2.28. The first-order valence-corrected chi connectivity index (χ1v) is 7.79. The van der Waals surface area contributed by atoms with Crippen LogP contribution in [0.2, 0.25) is 0 Å². The van der Waals surface area contributed by atoms with Crippen LogP contribution in [0.4, 0.5) is 4.79 Å². The van der Waals surface area contributed by atoms with Crippen molar-refractivity contribution in [1.29, 1.82) is 0 Å². The minimum Gasteiger partial charge on any atom is -0.444 e. The Kier molecular flexibility index (Phi) is 6.60. The number of ether oxygens (including phenoxy) is 1. The number of nitrogens with one attached hydrogen (secondary N) is 2. The second kappa shape index (κ2) is 7.99. The average molecular weight is 325 g/mol. The molecule has 0 aliphatic carbocycles. The van der Waals surface area contributed by atoms with E-state index in [1.54, 1.807) is 32.6 Å². The van der Waals surface area contributed by atoms with Crippen molar-refractivity contribution in [1.82, 2.24) is 15.5 Å². The number of carbonyl (C=O) groups excluding carboxylic acids is 3. The highest BCUT2D eigenvalue weighted by molar-refractivity contribution is 5.92. The Hall–Kier alpha value is -2.05. The number of piperidine rings is 1. The van der Waals surface area contributed by atoms with E-state index in [4.69, 9.17) is 4.74 Å². The van der Waals surface area contributed by atoms with Crippen LogP contribution in [0.1, 0.15) is 40.5 Å². The first-order valence-electron chi connectivity index (χ1n) is 7.79. The predicted octanol–water partition coefficient (Wildman–Crippen LogP) is 1.19. The van der Waals surface area contributed by atoms with Crippen LogP contribution in [0.25, 0.3) is 0 Å². The highest BCUT2D eigenvalue weighted by Crippen LogP contribution is 2.12. The van der Waals surface area contributed by atoms with Crippen molar-refractivity contribution in [3.05, 3.63) is 12.2 Å². The molecule has 2 N–H and O–H groups in total. The van der Waals surface area contributed by atoms with Crippen LogP contribution in [-0.2, 0) is 14.3 Å². The zero-order chi connectivity index (χ0) is 17.6. The summed E-state index contributed by atoms with van der Waals surface area (Å²) in [6.45, 7) is 11.7. The normalized spacial score (nSPS) is 15.7. The van der Waals surface area contributed by atoms with Crippen LogP contribution < -0.4 is 10.6 Å². The molecule has 0 spiro atoms. The number of hydrogen-bond acceptors (Lipinski definition) is 4. The lowest BCUT2D eigenvalue weighted by Crippen LogP contribution is -2.49. The minimum atomic E-state index is -0.616. The number of carbonyl (C=O) groups is 3. The van der Waals surface area contributed by atoms with Crippen LogP contribution in [0, 0.1) is 0 Å². The number of hydrogen-bond donors (Lipinski definition) is 2. The second-order valence-corrected chi connectivity index (χ2v) is 6.77. The SMILES string of the molecule is C=C(C)C(=O)N1CCC(NC(=O)CNC(=O)OC(C)(C)C)CC1. The van der Waals surface area contributed by atoms with Crippen molar-refractivity contribution < 1.29 is 19.1 Å². The van der Waals surface area contributed by atoms with Gasteiger partial charge in [-0.25, -0.2) is 4.79 Å². The van der Waals surface area contributed by atoms with Gasteiger partial charge in [-0.05, 0) is 40.5 Å². The fourth-order valence-electron chi connectivity index (χ4n) is 2.24. The van der Waals surface area contributed by atoms with E-state index in [1.165, 1.54) is 0 Å². The van der Waals surface area contributed by atoms with Crippen molar-refractivity contribution in [2.24, 2.45) is 0 Å². The molecule has 0 aromatic rings. The molecule has 1 fully saturated rings. The van der Waals surface area contributed by atoms with Crippen molar-refractivity contribution in [3.63, 3.8) is 0 Å². The molecule has 130 valence electrons. The highest BCUT2D eigenvalue weighted by Gasteiger charge is 2.24. The predicted molar refractivity (Wildman–Crippen MR) is 86.8 cm³/mol. The van der Waals surface area contributed by atoms with E-state index in [-0.39, 0.29) is 24.4 Å². The molecular weight excluding hydrogens is 298 g/mol. The van der Waals surface area contributed by atoms with E-state index in [2.05, 4.69) is 17.2 Å². The molecule has 1 aliphatic heterocycles. The molecule has 23 heavy (non-hydrogen) atoms. The molecule has 7 heteroatoms. The molecular formula is C16H27N3O4. The topological polar surface area (TPSA) is 87.7 Å². The summed E-state index contributed by atoms with van der Waals surface area (Å²) < 4.78 is 5.06. The molecule has 1 rings (SSSR count). The van der Waals surface area contributed by atoms with Gasteiger partial charge in [0.15, 0.2) is 0 Å². The van der Waals surface area contributed by atoms with Gasteiger partial charge in [0.25, 0.3) is 0 Å². The Morgan fingerprint density at radius 2 is 1.78 bits per heavy atom. The number of likely N-dealkylation sites (tertiary alicyclic amines) is 1. The summed E-state index contributed by atoms with van der Waals surface area (Å²) in [6, 6.07) is 0.0112. The van der Waals surface area contributed by atoms with Crippen LogP contribution >= 0.6 is 0 Å². The number of alkyl carbamates (subject to hydrolysis) is 1. The van der Waals surface area contributed by atoms with Crippen molar-refractivity contribution in [2.75, 3.05) is 19.6 Å². The summed E-state index contributed by atoms with van der Waals surface area (Å²) in [5, 5.41) is 5.28. The van der Waals surface area contributed by atoms with Gasteiger partial charge < -0.3 is 20.3 Å². The summed E-state index contributed by atoms with van der Waals surface area (Å²) in [6.07, 6.45) is 0.767. The van der Waals surface area contributed by atoms with Crippen LogP contribution in [-0.4, -0.2) is 54.1 Å². The maximum atomic E-state index is 11.8. The third kappa shape index (κ3) is 7.17. The molecule has 0 unspecified atom stereocenters. The van der Waals surface area contributed by atoms with Gasteiger partial charge in [0.2, 0.25) is 11.8 Å². The summed E-state index contributed by atoms with van der Waals surface area (Å²) in [5.74, 6) is -0.304. The Morgan fingerprint density at radius 3 is 2.26 bits per heavy atom. The molecule has 1 heterocycles. The minimum absolute atomic E-state index is 0.0112. The maximum absolute atomic E-state index is 11.8. The van der Waals surface area contributed by atoms with Gasteiger partial charge in [-0.2, -0.15) is 0 Å². The Morgan fingerprint density at radius 1 is 1.22 bits per heavy atom. The Bertz CT molecular complexity index is 474. The molecule has 0 atom stereocenters. The van der Waals surface area contributed by atoms with E-state index in [1.807, 2.05) is 0 Å². The summed E-state index contributed by atoms with van der Waals surface area (Å²) in [7, 11) is 0. The molecule has 0 aromatic carbocycles. The van der Waals surface area contributed by atoms with E-state index in [0.717, 1.165) is 0 Å². The van der Waals surface area contributed by atoms with Crippen LogP contribution in [0.3, 0.4) is 0 Å². The zero-order valence-corrected chi connectivity index (χ0v) is 14.4. The zero-order valence-electron chi connectivity index (χ0n) is 14.4. The molecule has 3 amide bonds. The summed E-state index contributed by atoms with van der Waals surface area (Å²) >= 11 is 0. The van der Waals surface area contributed by atoms with Crippen molar-refractivity contribution in [3.8, 4) is 0 Å². The van der Waals surface area contributed by atoms with E-state index >= 15 is 0 Å². The monoisotopic (exact) mass is 325 g/mol. The van der Waals surface area contributed by atoms with Gasteiger partial charge in [-0.15, -0.1) is 0 Å². The molecule has 0 aromatic heterocycles. The summed E-state index contributed by atoms with van der Waals surface area (Å²) in [4.78, 5) is 36.8. The first-order chi connectivity index (χ1) is 10.6. The number of rotatable bonds is 4. The van der Waals surface area contributed by atoms with Crippen LogP contribution in [0.5, 0.6) is 0 Å². The molecule has 7 nitrogen and oxygen atoms in total. The fraction of sp³-hybridized carbons (Fsp3) is 0.688. The summed E-state index contributed by atoms with van der Waals surface area (Å²) in [5.41, 5.74) is -0.0718. The van der Waals surface area contributed by atoms with Gasteiger partial charge in [0, 0.05) is 24.7 Å². The van der Waals surface area contributed by atoms with E-state index < -0.39 is 11.7 Å². The van der Waals surface area contributed by atoms with E-state index in [9.17, 15) is 14.4 Å². The number of amides is 3. The van der Waals surface area contributed by atoms with Crippen molar-refractivity contribution >= 4 is 17.9 Å². The lowest BCUT2D eigenvalue weighted by atomic mass is 10.0. The average Bonchev–Trinajstić information content (AvgIpc) is 2.43. The second-order valence-electron chi connectivity index (χ2n) is 6.77. The van der Waals surface area contributed by atoms with Gasteiger partial charge in [-0.3, -0.25) is 9.59 Å². The largest absolute Gasteiger partial charge is 0.444 e. The molecule has 0 radical (unpaired) electrons. The molecule has 1 saturated heterocycles. The third-order valence-corrected chi connectivity index (χ3v) is 3.30. The van der Waals surface area contributed by atoms with Gasteiger partial charge in [-0.1, -0.05) is 6.58 Å². The number of nitrogens with zero attached hydrogens (tertiary/aromatic N) is 1. The highest BCUT2D eigenvalue weighted by atomic mass is 16.6. The fourth-order valence-corrected chi connectivity index (χ4v) is 2.24. The molecule has 1 aliphatic rings. The third-order valence-electron chi connectivity index (χ3n) is 3.30. The lowest BCUT2D eigenvalue weighted by molar-refractivity contribution is -0.128. The maximum Gasteiger partial charge on any atom is 0.408 e. The lowest BCUT2D eigenvalue weighted by Gasteiger charge is -2.32. The van der Waals surface area contributed by atoms with Gasteiger partial charge in [0.1, 0.15) is 12.1 Å². The van der Waals surface area contributed by atoms with Gasteiger partial charge in [0.05, 0.1) is 0 Å². The Labute approximate surface area is 137 Å². The van der Waals surface area contributed by atoms with Gasteiger partial charge >= 0.3 is 6.09 Å². The first kappa shape index (κ1) is 19.0. The van der Waals surface area contributed by atoms with Crippen molar-refractivity contribution in [2.45, 2.75) is 52.2 Å². The smallest absolute Gasteiger partial charge is 0.408 e. The standard InChI is InChI=1S/C16H27N3O4/c1-11(2)14(21)19-8-6-12(7-9-19)18-13(20)10-17-15(22)23-16(3,4)5/h12H,1,6-10H2,2-5H3,(H,17,22)(H,18,20).